The van der Waals surface area contributed by atoms with Crippen LogP contribution < -0.4 is 11.5 Å². The van der Waals surface area contributed by atoms with Crippen LogP contribution in [0.1, 0.15) is 26.2 Å². The second kappa shape index (κ2) is 7.08. The van der Waals surface area contributed by atoms with Crippen molar-refractivity contribution in [3.63, 3.8) is 0 Å². The number of halogens is 1. The van der Waals surface area contributed by atoms with Gasteiger partial charge < -0.3 is 11.5 Å². The number of aliphatic imine (C=N–C) groups is 1. The molecule has 0 aromatic carbocycles. The first-order valence-electron chi connectivity index (χ1n) is 7.44. The van der Waals surface area contributed by atoms with Crippen LogP contribution >= 0.6 is 24.2 Å². The van der Waals surface area contributed by atoms with Crippen LogP contribution in [-0.2, 0) is 4.84 Å². The highest BCUT2D eigenvalue weighted by atomic mass is 35.5. The average molecular weight is 343 g/mol. The predicted molar refractivity (Wildman–Crippen MR) is 94.7 cm³/mol. The van der Waals surface area contributed by atoms with Gasteiger partial charge in [0, 0.05) is 23.3 Å². The molecule has 0 aromatic rings. The Labute approximate surface area is 141 Å². The Morgan fingerprint density at radius 2 is 2.36 bits per heavy atom. The van der Waals surface area contributed by atoms with Crippen molar-refractivity contribution < 1.29 is 4.84 Å². The minimum Gasteiger partial charge on any atom is -0.398 e. The summed E-state index contributed by atoms with van der Waals surface area (Å²) in [4.78, 5) is 12.0. The summed E-state index contributed by atoms with van der Waals surface area (Å²) in [7, 11) is 0. The predicted octanol–water partition coefficient (Wildman–Crippen LogP) is 2.31. The minimum atomic E-state index is -0.308. The van der Waals surface area contributed by atoms with Gasteiger partial charge >= 0.3 is 0 Å². The Hall–Kier alpha value is -0.950. The number of hydrogen-bond donors (Lipinski definition) is 2. The van der Waals surface area contributed by atoms with Crippen LogP contribution in [0.2, 0.25) is 0 Å². The molecule has 3 rings (SSSR count). The SMILES string of the molecule is CCCC1=NC23CC=CN(OCCN)C2C=CC(N)=C3S1.Cl. The normalized spacial score (nSPS) is 29.1. The fourth-order valence-electron chi connectivity index (χ4n) is 3.03. The van der Waals surface area contributed by atoms with E-state index in [0.717, 1.165) is 25.0 Å². The van der Waals surface area contributed by atoms with Gasteiger partial charge in [-0.15, -0.1) is 12.4 Å². The average Bonchev–Trinajstić information content (AvgIpc) is 2.84. The van der Waals surface area contributed by atoms with E-state index in [1.165, 1.54) is 9.95 Å². The Bertz CT molecular complexity index is 546. The van der Waals surface area contributed by atoms with Crippen molar-refractivity contribution in [1.29, 1.82) is 0 Å². The smallest absolute Gasteiger partial charge is 0.124 e. The van der Waals surface area contributed by atoms with Crippen molar-refractivity contribution in [2.45, 2.75) is 37.8 Å². The molecule has 0 bridgehead atoms. The standard InChI is InChI=1S/C15H22N4OS.ClH/c1-2-4-13-18-15-7-3-9-19(20-10-8-16)12(15)6-5-11(17)14(15)21-13;/h3,5-6,9,12H,2,4,7-8,10,16-17H2,1H3;1H. The first-order chi connectivity index (χ1) is 10.2. The Kier molecular flexibility index (Phi) is 5.60. The Morgan fingerprint density at radius 1 is 1.55 bits per heavy atom. The second-order valence-electron chi connectivity index (χ2n) is 5.44. The molecular formula is C15H23ClN4OS. The zero-order chi connectivity index (χ0) is 14.9. The molecule has 122 valence electrons. The van der Waals surface area contributed by atoms with Crippen LogP contribution in [0.15, 0.2) is 40.0 Å². The third-order valence-electron chi connectivity index (χ3n) is 3.92. The number of hydrogen-bond acceptors (Lipinski definition) is 6. The van der Waals surface area contributed by atoms with Gasteiger partial charge in [0.2, 0.25) is 0 Å². The van der Waals surface area contributed by atoms with Crippen LogP contribution in [0.5, 0.6) is 0 Å². The van der Waals surface area contributed by atoms with Crippen molar-refractivity contribution >= 4 is 29.2 Å². The fourth-order valence-corrected chi connectivity index (χ4v) is 4.39. The summed E-state index contributed by atoms with van der Waals surface area (Å²) in [5.41, 5.74) is 12.3. The topological polar surface area (TPSA) is 76.9 Å². The summed E-state index contributed by atoms with van der Waals surface area (Å²) in [5.74, 6) is 0. The van der Waals surface area contributed by atoms with Gasteiger partial charge in [-0.05, 0) is 18.9 Å². The van der Waals surface area contributed by atoms with E-state index in [0.29, 0.717) is 13.2 Å². The van der Waals surface area contributed by atoms with Gasteiger partial charge in [0.05, 0.1) is 11.7 Å². The molecule has 0 aromatic heterocycles. The number of hydroxylamine groups is 2. The van der Waals surface area contributed by atoms with Crippen molar-refractivity contribution in [3.8, 4) is 0 Å². The molecule has 7 heteroatoms. The number of rotatable bonds is 5. The molecule has 5 nitrogen and oxygen atoms in total. The first kappa shape index (κ1) is 17.4. The van der Waals surface area contributed by atoms with Gasteiger partial charge in [0.25, 0.3) is 0 Å². The maximum Gasteiger partial charge on any atom is 0.124 e. The quantitative estimate of drug-likeness (QED) is 0.801. The van der Waals surface area contributed by atoms with Gasteiger partial charge in [0.15, 0.2) is 0 Å². The minimum absolute atomic E-state index is 0. The Balaban J connectivity index is 0.00000176. The number of nitrogens with two attached hydrogens (primary N) is 2. The third-order valence-corrected chi connectivity index (χ3v) is 5.25. The summed E-state index contributed by atoms with van der Waals surface area (Å²) in [6.07, 6.45) is 11.1. The lowest BCUT2D eigenvalue weighted by Crippen LogP contribution is -2.52. The van der Waals surface area contributed by atoms with Crippen molar-refractivity contribution in [2.24, 2.45) is 16.5 Å². The monoisotopic (exact) mass is 342 g/mol. The molecule has 1 aliphatic carbocycles. The van der Waals surface area contributed by atoms with E-state index in [9.17, 15) is 0 Å². The molecule has 0 radical (unpaired) electrons. The van der Waals surface area contributed by atoms with E-state index in [1.54, 1.807) is 11.8 Å². The maximum atomic E-state index is 6.22. The first-order valence-corrected chi connectivity index (χ1v) is 8.26. The molecule has 0 amide bonds. The highest BCUT2D eigenvalue weighted by molar-refractivity contribution is 8.17. The lowest BCUT2D eigenvalue weighted by atomic mass is 9.80. The van der Waals surface area contributed by atoms with Gasteiger partial charge in [0.1, 0.15) is 11.6 Å². The van der Waals surface area contributed by atoms with Gasteiger partial charge in [-0.25, -0.2) is 0 Å². The lowest BCUT2D eigenvalue weighted by molar-refractivity contribution is -0.149. The molecular weight excluding hydrogens is 320 g/mol. The highest BCUT2D eigenvalue weighted by Crippen LogP contribution is 2.51. The summed E-state index contributed by atoms with van der Waals surface area (Å²) in [6.45, 7) is 3.17. The van der Waals surface area contributed by atoms with Gasteiger partial charge in [-0.2, -0.15) is 0 Å². The molecule has 0 saturated carbocycles. The largest absolute Gasteiger partial charge is 0.398 e. The van der Waals surface area contributed by atoms with Crippen LogP contribution in [0, 0.1) is 0 Å². The fraction of sp³-hybridized carbons (Fsp3) is 0.533. The number of allylic oxidation sites excluding steroid dienone is 1. The van der Waals surface area contributed by atoms with Crippen LogP contribution in [0.3, 0.4) is 0 Å². The van der Waals surface area contributed by atoms with Crippen molar-refractivity contribution in [3.05, 3.63) is 35.0 Å². The maximum absolute atomic E-state index is 6.22. The number of thioether (sulfide) groups is 1. The molecule has 2 aliphatic heterocycles. The van der Waals surface area contributed by atoms with E-state index in [4.69, 9.17) is 21.3 Å². The van der Waals surface area contributed by atoms with Crippen LogP contribution in [0.25, 0.3) is 0 Å². The van der Waals surface area contributed by atoms with E-state index in [2.05, 4.69) is 19.1 Å². The Morgan fingerprint density at radius 3 is 3.09 bits per heavy atom. The molecule has 2 heterocycles. The zero-order valence-corrected chi connectivity index (χ0v) is 14.3. The van der Waals surface area contributed by atoms with Crippen molar-refractivity contribution in [2.75, 3.05) is 13.2 Å². The molecule has 2 unspecified atom stereocenters. The zero-order valence-electron chi connectivity index (χ0n) is 12.7. The summed E-state index contributed by atoms with van der Waals surface area (Å²) < 4.78 is 0. The molecule has 0 fully saturated rings. The molecule has 0 saturated heterocycles. The van der Waals surface area contributed by atoms with E-state index in [-0.39, 0.29) is 24.0 Å². The molecule has 2 atom stereocenters. The van der Waals surface area contributed by atoms with E-state index in [1.807, 2.05) is 17.3 Å². The van der Waals surface area contributed by atoms with E-state index < -0.39 is 0 Å². The third kappa shape index (κ3) is 2.80. The van der Waals surface area contributed by atoms with Gasteiger partial charge in [-0.1, -0.05) is 37.3 Å². The van der Waals surface area contributed by atoms with Crippen LogP contribution in [-0.4, -0.2) is 34.8 Å². The number of nitrogens with zero attached hydrogens (tertiary/aromatic N) is 2. The summed E-state index contributed by atoms with van der Waals surface area (Å²) >= 11 is 1.74. The second-order valence-corrected chi connectivity index (χ2v) is 6.52. The molecule has 4 N–H and O–H groups in total. The summed E-state index contributed by atoms with van der Waals surface area (Å²) in [5, 5.41) is 3.05. The molecule has 3 aliphatic rings. The lowest BCUT2D eigenvalue weighted by Gasteiger charge is -2.44. The molecule has 1 spiro atoms. The van der Waals surface area contributed by atoms with Crippen LogP contribution in [0.4, 0.5) is 0 Å². The van der Waals surface area contributed by atoms with Gasteiger partial charge in [-0.3, -0.25) is 14.9 Å². The molecule has 22 heavy (non-hydrogen) atoms. The summed E-state index contributed by atoms with van der Waals surface area (Å²) in [6, 6.07) is 0.0539. The van der Waals surface area contributed by atoms with Crippen molar-refractivity contribution in [1.82, 2.24) is 5.06 Å². The highest BCUT2D eigenvalue weighted by Gasteiger charge is 2.51. The van der Waals surface area contributed by atoms with E-state index >= 15 is 0 Å².